The predicted octanol–water partition coefficient (Wildman–Crippen LogP) is 15.3. The molecule has 2 aliphatic rings. The average molecular weight is 1700 g/mol. The molecule has 13 aromatic rings. The van der Waals surface area contributed by atoms with Crippen molar-refractivity contribution >= 4 is 148 Å². The van der Waals surface area contributed by atoms with Gasteiger partial charge in [-0.3, -0.25) is 53.1 Å². The molecule has 0 spiro atoms. The molecule has 0 aliphatic heterocycles. The Balaban J connectivity index is 0.000000173. The maximum Gasteiger partial charge on any atom is 0.315 e. The van der Waals surface area contributed by atoms with Gasteiger partial charge < -0.3 is 84.6 Å². The van der Waals surface area contributed by atoms with Crippen molar-refractivity contribution in [2.75, 3.05) is 18.6 Å². The number of alkyl halides is 1. The third-order valence-corrected chi connectivity index (χ3v) is 19.3. The number of ketones is 1. The fourth-order valence-electron chi connectivity index (χ4n) is 11.3. The van der Waals surface area contributed by atoms with E-state index in [2.05, 4.69) is 19.9 Å². The highest BCUT2D eigenvalue weighted by molar-refractivity contribution is 6.35. The number of halogens is 6. The van der Waals surface area contributed by atoms with Crippen molar-refractivity contribution in [1.82, 2.24) is 19.9 Å². The number of aromatic nitrogens is 4. The number of benzene rings is 9. The van der Waals surface area contributed by atoms with Gasteiger partial charge in [0, 0.05) is 110 Å². The van der Waals surface area contributed by atoms with Gasteiger partial charge in [-0.1, -0.05) is 88.3 Å². The zero-order valence-corrected chi connectivity index (χ0v) is 66.4. The molecule has 2 saturated carbocycles. The summed E-state index contributed by atoms with van der Waals surface area (Å²) in [5.41, 5.74) is 44.9. The van der Waals surface area contributed by atoms with Gasteiger partial charge in [0.25, 0.3) is 0 Å². The van der Waals surface area contributed by atoms with Crippen LogP contribution in [0, 0.1) is 5.92 Å². The van der Waals surface area contributed by atoms with Crippen LogP contribution in [0.4, 0.5) is 15.8 Å². The normalized spacial score (nSPS) is 11.8. The maximum absolute atomic E-state index is 12.2. The van der Waals surface area contributed by atoms with E-state index in [1.54, 1.807) is 183 Å². The number of phenols is 1. The SMILES string of the molecule is NC(=O)c1cc2c(Cl)ccnc2cc1CO.NC(=O)c1cc2c(Oc3ccc(CC(=O)CC4CC4)c(Cl)c3)ccnc2cc1CO.NC(=O)c1cc2c(Oc3ccc(CC(=O)Oc4ccccc4)c(Cl)c3)ccnc2cc1CO.NC(=O)c1cc2c(Oc3ccc(N)c(Cl)c3)ccnc2cc1CO.NC1CC1.Nc1ccc(O)cc1Cl.[2H]CF. The molecule has 32 heteroatoms. The van der Waals surface area contributed by atoms with Crippen LogP contribution in [0.2, 0.25) is 25.1 Å². The summed E-state index contributed by atoms with van der Waals surface area (Å²) >= 11 is 30.3. The highest BCUT2D eigenvalue weighted by atomic mass is 35.5. The minimum Gasteiger partial charge on any atom is -0.508 e. The first-order valence-electron chi connectivity index (χ1n) is 36.5. The summed E-state index contributed by atoms with van der Waals surface area (Å²) in [6.45, 7) is -1.24. The van der Waals surface area contributed by atoms with Crippen molar-refractivity contribution in [3.8, 4) is 46.0 Å². The molecule has 0 radical (unpaired) electrons. The minimum absolute atomic E-state index is 0.00188. The highest BCUT2D eigenvalue weighted by Gasteiger charge is 2.25. The molecule has 0 saturated heterocycles. The van der Waals surface area contributed by atoms with E-state index in [-0.39, 0.29) is 66.6 Å². The molecule has 610 valence electrons. The first kappa shape index (κ1) is 88.0. The van der Waals surface area contributed by atoms with Gasteiger partial charge in [0.05, 0.1) is 89.9 Å². The van der Waals surface area contributed by atoms with Crippen LogP contribution in [0.3, 0.4) is 0 Å². The highest BCUT2D eigenvalue weighted by Crippen LogP contribution is 2.39. The van der Waals surface area contributed by atoms with Crippen LogP contribution in [0.1, 0.15) is 108 Å². The molecule has 9 aromatic carbocycles. The van der Waals surface area contributed by atoms with Crippen LogP contribution < -0.4 is 59.1 Å². The largest absolute Gasteiger partial charge is 0.508 e. The van der Waals surface area contributed by atoms with E-state index in [0.717, 1.165) is 18.4 Å². The van der Waals surface area contributed by atoms with Crippen molar-refractivity contribution in [3.05, 3.63) is 281 Å². The van der Waals surface area contributed by atoms with E-state index in [0.29, 0.717) is 173 Å². The molecule has 2 fully saturated rings. The number of nitrogen functional groups attached to an aromatic ring is 2. The average Bonchev–Trinajstić information content (AvgIpc) is 1.73. The van der Waals surface area contributed by atoms with E-state index in [4.69, 9.17) is 129 Å². The van der Waals surface area contributed by atoms with E-state index in [1.807, 2.05) is 6.07 Å². The standard InChI is InChI=1S/C25H19ClN2O5.C23H21ClN2O4.C17H14ClN3O3.C11H9ClN2O2.C6H6ClNO.C3H7N.CH3F/c26-21-12-18(7-6-15(21)11-24(30)33-17-4-2-1-3-5-17)32-23-8-9-28-22-10-16(14-29)19(25(27)31)13-20(22)23;24-20-10-17(4-3-14(20)8-16(28)7-13-1-2-13)30-22-5-6-26-21-9-15(12-27)18(23(25)29)11-19(21)22;18-13-6-10(1-2-14(13)19)24-16-3-4-21-15-5-9(8-22)11(17(20)23)7-12(15)16;12-9-1-2-14-10-3-6(5-15)7(11(13)16)4-8(9)10;7-5-3-4(9)1-2-6(5)8;4-3-1-2-3;1-2/h1-10,12-13,29H,11,14H2,(H2,27,31);3-6,9-11,13,27H,1-2,7-8,12H2,(H2,25,29);1-7,22H,8,19H2,(H2,20,23);1-4,15H,5H2,(H2,13,16);1-3,9H,8H2;3H,1-2,4H2;1H3/i;;;;;;1D. The Morgan fingerprint density at radius 2 is 0.771 bits per heavy atom. The predicted molar refractivity (Wildman–Crippen MR) is 452 cm³/mol. The molecular weight excluding hydrogens is 1620 g/mol. The number of aromatic hydroxyl groups is 1. The molecule has 19 N–H and O–H groups in total. The first-order valence-corrected chi connectivity index (χ1v) is 37.6. The number of fused-ring (bicyclic) bond motifs is 4. The van der Waals surface area contributed by atoms with Crippen LogP contribution in [0.25, 0.3) is 43.6 Å². The van der Waals surface area contributed by atoms with Crippen LogP contribution in [-0.4, -0.2) is 94.0 Å². The fraction of sp³-hybridized carbons (Fsp3) is 0.163. The number of amides is 4. The number of carbonyl (C=O) groups excluding carboxylic acids is 6. The number of carbonyl (C=O) groups is 6. The molecule has 2 aliphatic carbocycles. The summed E-state index contributed by atoms with van der Waals surface area (Å²) in [5, 5.41) is 50.8. The quantitative estimate of drug-likeness (QED) is 0.0138. The molecule has 0 atom stereocenters. The van der Waals surface area contributed by atoms with Crippen LogP contribution in [0.15, 0.2) is 201 Å². The minimum atomic E-state index is -1.00. The van der Waals surface area contributed by atoms with Crippen molar-refractivity contribution in [1.29, 1.82) is 0 Å². The second-order valence-electron chi connectivity index (χ2n) is 26.3. The van der Waals surface area contributed by atoms with Crippen molar-refractivity contribution in [2.45, 2.75) is 77.4 Å². The summed E-state index contributed by atoms with van der Waals surface area (Å²) in [4.78, 5) is 87.5. The molecule has 4 heterocycles. The van der Waals surface area contributed by atoms with Gasteiger partial charge >= 0.3 is 5.97 Å². The molecule has 0 unspecified atom stereocenters. The third kappa shape index (κ3) is 24.8. The van der Waals surface area contributed by atoms with Gasteiger partial charge in [0.15, 0.2) is 0 Å². The summed E-state index contributed by atoms with van der Waals surface area (Å²) in [6, 6.07) is 48.2. The number of aliphatic hydroxyl groups is 4. The summed E-state index contributed by atoms with van der Waals surface area (Å²) in [6.07, 6.45) is 12.0. The number of para-hydroxylation sites is 1. The maximum atomic E-state index is 12.2. The van der Waals surface area contributed by atoms with Gasteiger partial charge in [0.1, 0.15) is 51.8 Å². The zero-order chi connectivity index (χ0) is 86.1. The lowest BCUT2D eigenvalue weighted by Gasteiger charge is -2.12. The van der Waals surface area contributed by atoms with Gasteiger partial charge in [-0.15, -0.1) is 0 Å². The van der Waals surface area contributed by atoms with E-state index in [1.165, 1.54) is 25.0 Å². The lowest BCUT2D eigenvalue weighted by Crippen LogP contribution is -2.14. The topological polar surface area (TPSA) is 474 Å². The Morgan fingerprint density at radius 3 is 1.12 bits per heavy atom. The van der Waals surface area contributed by atoms with Gasteiger partial charge in [-0.05, 0) is 198 Å². The van der Waals surface area contributed by atoms with Crippen LogP contribution in [-0.2, 0) is 48.9 Å². The molecule has 4 aromatic heterocycles. The van der Waals surface area contributed by atoms with E-state index in [9.17, 15) is 48.5 Å². The number of aliphatic hydroxyl groups excluding tert-OH is 4. The number of primary amides is 4. The number of Topliss-reactive ketones (excluding diaryl/α,β-unsaturated/α-hetero) is 1. The lowest BCUT2D eigenvalue weighted by atomic mass is 10.0. The first-order chi connectivity index (χ1) is 57.0. The third-order valence-electron chi connectivity index (χ3n) is 17.7. The van der Waals surface area contributed by atoms with Crippen LogP contribution >= 0.6 is 58.0 Å². The summed E-state index contributed by atoms with van der Waals surface area (Å²) < 4.78 is 38.6. The Bertz CT molecular complexity index is 5880. The zero-order valence-electron chi connectivity index (χ0n) is 63.6. The molecule has 118 heavy (non-hydrogen) atoms. The van der Waals surface area contributed by atoms with E-state index >= 15 is 0 Å². The molecule has 15 rings (SSSR count). The van der Waals surface area contributed by atoms with Crippen molar-refractivity contribution in [2.24, 2.45) is 34.6 Å². The Morgan fingerprint density at radius 1 is 0.424 bits per heavy atom. The Kier molecular flexibility index (Phi) is 31.7. The number of ether oxygens (including phenoxy) is 4. The summed E-state index contributed by atoms with van der Waals surface area (Å²) in [5.74, 6) is 1.19. The van der Waals surface area contributed by atoms with Crippen molar-refractivity contribution in [3.63, 3.8) is 0 Å². The number of nitrogens with zero attached hydrogens (tertiary/aromatic N) is 4. The molecular formula is C86H79Cl5FN11O15. The smallest absolute Gasteiger partial charge is 0.315 e. The molecule has 26 nitrogen and oxygen atoms in total. The second-order valence-corrected chi connectivity index (χ2v) is 28.3. The monoisotopic (exact) mass is 1700 g/mol. The number of pyridine rings is 4. The molecule has 0 bridgehead atoms. The van der Waals surface area contributed by atoms with Gasteiger partial charge in [-0.25, -0.2) is 0 Å². The number of nitrogens with two attached hydrogens (primary N) is 7. The molecule has 4 amide bonds. The number of esters is 1. The van der Waals surface area contributed by atoms with Crippen LogP contribution in [0.5, 0.6) is 46.0 Å². The Hall–Kier alpha value is -12.4. The van der Waals surface area contributed by atoms with E-state index < -0.39 is 36.8 Å². The number of anilines is 2. The van der Waals surface area contributed by atoms with Gasteiger partial charge in [0.2, 0.25) is 23.6 Å². The number of rotatable bonds is 21. The second kappa shape index (κ2) is 42.5. The number of hydrogen-bond donors (Lipinski definition) is 12. The van der Waals surface area contributed by atoms with Crippen molar-refractivity contribution < 1.29 is 79.0 Å². The number of hydrogen-bond acceptors (Lipinski definition) is 22. The lowest BCUT2D eigenvalue weighted by molar-refractivity contribution is -0.133. The number of phenolic OH excluding ortho intramolecular Hbond substituents is 1. The fourth-order valence-corrected chi connectivity index (χ4v) is 12.3. The van der Waals surface area contributed by atoms with Gasteiger partial charge in [-0.2, -0.15) is 0 Å². The summed E-state index contributed by atoms with van der Waals surface area (Å²) in [7, 11) is -1.00. The Labute approximate surface area is 701 Å².